The lowest BCUT2D eigenvalue weighted by Crippen LogP contribution is -2.59. The average molecular weight is 379 g/mol. The number of hydrogen-bond donors (Lipinski definition) is 3. The summed E-state index contributed by atoms with van der Waals surface area (Å²) < 4.78 is 6.03. The van der Waals surface area contributed by atoms with Crippen LogP contribution in [0, 0.1) is 19.3 Å². The zero-order chi connectivity index (χ0) is 20.3. The summed E-state index contributed by atoms with van der Waals surface area (Å²) >= 11 is 0. The Hall–Kier alpha value is -2.86. The quantitative estimate of drug-likeness (QED) is 0.639. The number of aromatic nitrogens is 1. The Morgan fingerprint density at radius 3 is 2.50 bits per heavy atom. The molecular formula is C22H21NO5. The number of carbonyl (C=O) groups excluding carboxylic acids is 2. The Kier molecular flexibility index (Phi) is 2.93. The van der Waals surface area contributed by atoms with Crippen molar-refractivity contribution in [1.29, 1.82) is 0 Å². The first-order chi connectivity index (χ1) is 13.0. The maximum atomic E-state index is 13.6. The van der Waals surface area contributed by atoms with Gasteiger partial charge in [0.2, 0.25) is 11.6 Å². The number of Topliss-reactive ketones (excluding diaryl/α,β-unsaturated/α-hetero) is 2. The summed E-state index contributed by atoms with van der Waals surface area (Å²) in [6, 6.07) is 3.38. The molecule has 0 saturated carbocycles. The summed E-state index contributed by atoms with van der Waals surface area (Å²) in [5, 5.41) is 23.3. The number of fused-ring (bicyclic) bond motifs is 3. The predicted octanol–water partition coefficient (Wildman–Crippen LogP) is 1.22. The number of phenolic OH excluding ortho intramolecular Hbond substituents is 1. The van der Waals surface area contributed by atoms with Crippen LogP contribution >= 0.6 is 0 Å². The van der Waals surface area contributed by atoms with Gasteiger partial charge < -0.3 is 19.9 Å². The van der Waals surface area contributed by atoms with Gasteiger partial charge in [-0.05, 0) is 38.5 Å². The van der Waals surface area contributed by atoms with Crippen molar-refractivity contribution < 1.29 is 24.5 Å². The summed E-state index contributed by atoms with van der Waals surface area (Å²) in [4.78, 5) is 30.0. The van der Waals surface area contributed by atoms with Gasteiger partial charge in [-0.2, -0.15) is 0 Å². The van der Waals surface area contributed by atoms with Crippen LogP contribution in [0.4, 0.5) is 0 Å². The van der Waals surface area contributed by atoms with E-state index in [1.807, 2.05) is 6.92 Å². The number of benzene rings is 1. The monoisotopic (exact) mass is 379 g/mol. The van der Waals surface area contributed by atoms with Crippen LogP contribution < -0.4 is 10.4 Å². The van der Waals surface area contributed by atoms with Gasteiger partial charge in [-0.1, -0.05) is 13.8 Å². The smallest absolute Gasteiger partial charge is 0.214 e. The van der Waals surface area contributed by atoms with Gasteiger partial charge >= 0.3 is 0 Å². The molecule has 3 N–H and O–H groups in total. The van der Waals surface area contributed by atoms with Crippen molar-refractivity contribution in [2.75, 3.05) is 0 Å². The topological polar surface area (TPSA) is 99.6 Å². The highest BCUT2D eigenvalue weighted by atomic mass is 16.5. The van der Waals surface area contributed by atoms with E-state index < -0.39 is 28.7 Å². The van der Waals surface area contributed by atoms with Gasteiger partial charge in [0, 0.05) is 32.7 Å². The van der Waals surface area contributed by atoms with E-state index in [4.69, 9.17) is 4.74 Å². The molecular weight excluding hydrogens is 358 g/mol. The zero-order valence-electron chi connectivity index (χ0n) is 16.4. The number of carbonyl (C=O) groups is 2. The third-order valence-electron chi connectivity index (χ3n) is 6.78. The zero-order valence-corrected chi connectivity index (χ0v) is 16.4. The molecule has 0 radical (unpaired) electrons. The molecule has 28 heavy (non-hydrogen) atoms. The van der Waals surface area contributed by atoms with E-state index in [-0.39, 0.29) is 22.8 Å². The van der Waals surface area contributed by atoms with Crippen molar-refractivity contribution in [1.82, 2.24) is 4.98 Å². The fourth-order valence-corrected chi connectivity index (χ4v) is 4.85. The van der Waals surface area contributed by atoms with E-state index in [1.54, 1.807) is 39.8 Å². The van der Waals surface area contributed by atoms with Gasteiger partial charge in [0.15, 0.2) is 5.60 Å². The second-order valence-electron chi connectivity index (χ2n) is 8.63. The van der Waals surface area contributed by atoms with Gasteiger partial charge in [-0.3, -0.25) is 9.59 Å². The minimum Gasteiger partial charge on any atom is -0.507 e. The molecule has 0 unspecified atom stereocenters. The highest BCUT2D eigenvalue weighted by molar-refractivity contribution is 6.50. The highest BCUT2D eigenvalue weighted by Gasteiger charge is 2.65. The van der Waals surface area contributed by atoms with Crippen LogP contribution in [0.3, 0.4) is 0 Å². The standard InChI is InChI=1S/C22H21NO5/c1-8-6-12(24)14-11-7-9(2)23-17(11)18(25)16-15(14)13(8)20-22(27,19(16)26)21(4,5)10(3)28-20/h6-7,10,23-24,27H,1-5H3/t10-,22+/m0/s1. The molecule has 0 amide bonds. The van der Waals surface area contributed by atoms with Gasteiger partial charge in [-0.25, -0.2) is 0 Å². The van der Waals surface area contributed by atoms with Crippen molar-refractivity contribution in [2.24, 2.45) is 5.41 Å². The van der Waals surface area contributed by atoms with Crippen LogP contribution in [0.1, 0.15) is 42.5 Å². The molecule has 2 aromatic rings. The van der Waals surface area contributed by atoms with Crippen LogP contribution in [-0.2, 0) is 9.53 Å². The van der Waals surface area contributed by atoms with E-state index in [1.165, 1.54) is 0 Å². The molecule has 144 valence electrons. The lowest BCUT2D eigenvalue weighted by Gasteiger charge is -2.37. The molecule has 5 rings (SSSR count). The van der Waals surface area contributed by atoms with Crippen molar-refractivity contribution in [3.8, 4) is 16.9 Å². The Balaban J connectivity index is 2.09. The van der Waals surface area contributed by atoms with E-state index in [0.717, 1.165) is 5.69 Å². The molecule has 1 aromatic carbocycles. The first-order valence-corrected chi connectivity index (χ1v) is 9.32. The summed E-state index contributed by atoms with van der Waals surface area (Å²) in [7, 11) is 0. The number of phenols is 1. The molecule has 1 aliphatic heterocycles. The molecule has 6 nitrogen and oxygen atoms in total. The normalized spacial score (nSPS) is 26.7. The second kappa shape index (κ2) is 4.75. The molecule has 2 atom stereocenters. The minimum absolute atomic E-state index is 0.00866. The Morgan fingerprint density at radius 2 is 1.82 bits per heavy atom. The highest BCUT2D eigenvalue weighted by Crippen LogP contribution is 2.52. The molecule has 6 heteroatoms. The number of aliphatic hydroxyl groups is 1. The lowest BCUT2D eigenvalue weighted by molar-refractivity contribution is -0.134. The van der Waals surface area contributed by atoms with Gasteiger partial charge in [-0.15, -0.1) is 0 Å². The third-order valence-corrected chi connectivity index (χ3v) is 6.78. The maximum Gasteiger partial charge on any atom is 0.214 e. The summed E-state index contributed by atoms with van der Waals surface area (Å²) in [5.74, 6) is -0.963. The van der Waals surface area contributed by atoms with Crippen LogP contribution in [0.25, 0.3) is 22.5 Å². The minimum atomic E-state index is -1.94. The number of H-pyrrole nitrogens is 1. The molecule has 3 aliphatic rings. The first kappa shape index (κ1) is 17.3. The fourth-order valence-electron chi connectivity index (χ4n) is 4.85. The number of aromatic hydroxyl groups is 1. The Labute approximate surface area is 161 Å². The van der Waals surface area contributed by atoms with Gasteiger partial charge in [0.25, 0.3) is 0 Å². The molecule has 1 saturated heterocycles. The number of nitrogens with one attached hydrogen (secondary N) is 1. The van der Waals surface area contributed by atoms with Crippen LogP contribution in [0.2, 0.25) is 0 Å². The first-order valence-electron chi connectivity index (χ1n) is 9.32. The average Bonchev–Trinajstić information content (AvgIpc) is 3.07. The fraction of sp³-hybridized carbons (Fsp3) is 0.364. The largest absolute Gasteiger partial charge is 0.507 e. The van der Waals surface area contributed by atoms with Gasteiger partial charge in [0.05, 0.1) is 11.3 Å². The predicted molar refractivity (Wildman–Crippen MR) is 102 cm³/mol. The van der Waals surface area contributed by atoms with Crippen molar-refractivity contribution in [3.05, 3.63) is 39.5 Å². The Bertz CT molecular complexity index is 1260. The van der Waals surface area contributed by atoms with E-state index >= 15 is 0 Å². The molecule has 0 bridgehead atoms. The summed E-state index contributed by atoms with van der Waals surface area (Å²) in [6.45, 7) is 8.92. The molecule has 1 fully saturated rings. The second-order valence-corrected chi connectivity index (χ2v) is 8.63. The van der Waals surface area contributed by atoms with Crippen molar-refractivity contribution in [2.45, 2.75) is 46.3 Å². The Morgan fingerprint density at radius 1 is 1.14 bits per heavy atom. The van der Waals surface area contributed by atoms with E-state index in [9.17, 15) is 19.8 Å². The maximum absolute atomic E-state index is 13.6. The SMILES string of the molecule is Cc1cc2c([nH]1)C(=O)C1=c3c-2c(O)cc(C)c3=C2O[C@@H](C)C(C)(C)[C@@]2(O)C1=O. The number of ketones is 2. The number of rotatable bonds is 0. The van der Waals surface area contributed by atoms with Crippen molar-refractivity contribution in [3.63, 3.8) is 0 Å². The van der Waals surface area contributed by atoms with E-state index in [0.29, 0.717) is 27.1 Å². The molecule has 2 heterocycles. The number of hydrogen-bond acceptors (Lipinski definition) is 5. The molecule has 1 aromatic heterocycles. The van der Waals surface area contributed by atoms with Crippen molar-refractivity contribution >= 4 is 22.9 Å². The van der Waals surface area contributed by atoms with Gasteiger partial charge in [0.1, 0.15) is 17.6 Å². The lowest BCUT2D eigenvalue weighted by atomic mass is 9.65. The van der Waals surface area contributed by atoms with Crippen LogP contribution in [-0.4, -0.2) is 38.5 Å². The summed E-state index contributed by atoms with van der Waals surface area (Å²) in [6.07, 6.45) is -0.434. The van der Waals surface area contributed by atoms with Crippen LogP contribution in [0.15, 0.2) is 12.1 Å². The number of aryl methyl sites for hydroxylation is 2. The molecule has 0 spiro atoms. The molecule has 2 aliphatic carbocycles. The number of aromatic amines is 1. The third kappa shape index (κ3) is 1.60. The number of ether oxygens (including phenoxy) is 1. The van der Waals surface area contributed by atoms with Crippen LogP contribution in [0.5, 0.6) is 5.75 Å². The van der Waals surface area contributed by atoms with E-state index in [2.05, 4.69) is 4.98 Å². The summed E-state index contributed by atoms with van der Waals surface area (Å²) in [5.41, 5.74) is -0.324.